The van der Waals surface area contributed by atoms with Crippen LogP contribution in [0.5, 0.6) is 0 Å². The zero-order valence-corrected chi connectivity index (χ0v) is 22.9. The van der Waals surface area contributed by atoms with E-state index in [1.54, 1.807) is 0 Å². The van der Waals surface area contributed by atoms with Gasteiger partial charge >= 0.3 is 7.55 Å². The van der Waals surface area contributed by atoms with Gasteiger partial charge in [-0.25, -0.2) is 0 Å². The van der Waals surface area contributed by atoms with Crippen molar-refractivity contribution in [2.24, 2.45) is 10.9 Å². The van der Waals surface area contributed by atoms with Crippen LogP contribution in [0.3, 0.4) is 0 Å². The van der Waals surface area contributed by atoms with Gasteiger partial charge in [0.05, 0.1) is 12.2 Å². The van der Waals surface area contributed by atoms with Gasteiger partial charge in [-0.1, -0.05) is 68.5 Å². The second kappa shape index (κ2) is 10.3. The number of nitrogen functional groups attached to an aromatic ring is 1. The fourth-order valence-corrected chi connectivity index (χ4v) is 6.22. The maximum Gasteiger partial charge on any atom is 0.503 e. The Morgan fingerprint density at radius 3 is 2.67 bits per heavy atom. The Balaban J connectivity index is 1.25. The molecule has 8 heteroatoms. The van der Waals surface area contributed by atoms with Gasteiger partial charge < -0.3 is 10.5 Å². The van der Waals surface area contributed by atoms with E-state index >= 15 is 0 Å². The van der Waals surface area contributed by atoms with Crippen molar-refractivity contribution in [1.29, 1.82) is 0 Å². The molecule has 2 aliphatic heterocycles. The molecule has 1 fully saturated rings. The molecule has 1 aliphatic carbocycles. The first kappa shape index (κ1) is 24.7. The lowest BCUT2D eigenvalue weighted by molar-refractivity contribution is -0.663. The zero-order valence-electron chi connectivity index (χ0n) is 22.9. The first-order chi connectivity index (χ1) is 19.6. The van der Waals surface area contributed by atoms with Gasteiger partial charge in [-0.15, -0.1) is 9.90 Å². The van der Waals surface area contributed by atoms with Gasteiger partial charge in [0.1, 0.15) is 12.0 Å². The highest BCUT2D eigenvalue weighted by molar-refractivity contribution is 6.41. The molecule has 199 valence electrons. The minimum absolute atomic E-state index is 0.631. The van der Waals surface area contributed by atoms with Crippen LogP contribution in [-0.4, -0.2) is 33.0 Å². The largest absolute Gasteiger partial charge is 0.503 e. The van der Waals surface area contributed by atoms with E-state index in [9.17, 15) is 0 Å². The molecule has 7 nitrogen and oxygen atoms in total. The molecule has 7 rings (SSSR count). The number of H-pyrrole nitrogens is 1. The Bertz CT molecular complexity index is 1630. The summed E-state index contributed by atoms with van der Waals surface area (Å²) in [6, 6.07) is 20.9. The summed E-state index contributed by atoms with van der Waals surface area (Å²) in [5.74, 6) is 2.67. The van der Waals surface area contributed by atoms with Crippen LogP contribution < -0.4 is 10.4 Å². The quantitative estimate of drug-likeness (QED) is 0.207. The van der Waals surface area contributed by atoms with Crippen molar-refractivity contribution in [3.8, 4) is 5.82 Å². The molecule has 40 heavy (non-hydrogen) atoms. The highest BCUT2D eigenvalue weighted by Gasteiger charge is 2.36. The molecule has 2 aromatic carbocycles. The number of aliphatic imine (C=N–C) groups is 1. The number of nitrogens with two attached hydrogens (primary N) is 1. The number of aromatic nitrogens is 4. The van der Waals surface area contributed by atoms with Crippen LogP contribution in [-0.2, 0) is 13.0 Å². The number of aromatic amines is 1. The number of benzene rings is 2. The van der Waals surface area contributed by atoms with Crippen LogP contribution in [0, 0.1) is 12.8 Å². The summed E-state index contributed by atoms with van der Waals surface area (Å²) in [7, 11) is 2.14. The summed E-state index contributed by atoms with van der Waals surface area (Å²) >= 11 is 0. The molecule has 4 heterocycles. The molecule has 0 saturated heterocycles. The SMILES string of the molecule is Cc1ccccc1CN=C1C=CC2=C(c3ccc(N)cc3)c3ccc(-[n+]4cc(CC5CCCCC5)n[nH]4)n3[B]N12. The van der Waals surface area contributed by atoms with Crippen molar-refractivity contribution in [3.05, 3.63) is 113 Å². The van der Waals surface area contributed by atoms with Crippen molar-refractivity contribution in [3.63, 3.8) is 0 Å². The molecule has 0 spiro atoms. The van der Waals surface area contributed by atoms with Crippen molar-refractivity contribution >= 4 is 24.6 Å². The first-order valence-corrected chi connectivity index (χ1v) is 14.3. The molecule has 0 bridgehead atoms. The summed E-state index contributed by atoms with van der Waals surface area (Å²) in [5.41, 5.74) is 14.9. The number of hydrogen-bond donors (Lipinski definition) is 2. The van der Waals surface area contributed by atoms with E-state index < -0.39 is 0 Å². The van der Waals surface area contributed by atoms with E-state index in [2.05, 4.69) is 101 Å². The summed E-state index contributed by atoms with van der Waals surface area (Å²) in [4.78, 5) is 7.23. The molecule has 0 unspecified atom stereocenters. The first-order valence-electron chi connectivity index (χ1n) is 14.3. The number of nitrogens with one attached hydrogen (secondary N) is 1. The Kier molecular flexibility index (Phi) is 6.38. The minimum Gasteiger partial charge on any atom is -0.399 e. The van der Waals surface area contributed by atoms with E-state index in [1.807, 2.05) is 16.8 Å². The molecule has 0 amide bonds. The maximum absolute atomic E-state index is 6.05. The van der Waals surface area contributed by atoms with E-state index in [-0.39, 0.29) is 0 Å². The summed E-state index contributed by atoms with van der Waals surface area (Å²) < 4.78 is 4.27. The Morgan fingerprint density at radius 2 is 1.85 bits per heavy atom. The zero-order chi connectivity index (χ0) is 27.1. The van der Waals surface area contributed by atoms with E-state index in [1.165, 1.54) is 43.2 Å². The van der Waals surface area contributed by atoms with Gasteiger partial charge in [-0.2, -0.15) is 0 Å². The lowest BCUT2D eigenvalue weighted by Crippen LogP contribution is -2.43. The predicted octanol–water partition coefficient (Wildman–Crippen LogP) is 5.13. The summed E-state index contributed by atoms with van der Waals surface area (Å²) in [6.07, 6.45) is 14.2. The van der Waals surface area contributed by atoms with Crippen LogP contribution >= 0.6 is 0 Å². The van der Waals surface area contributed by atoms with Crippen LogP contribution in [0.1, 0.15) is 60.2 Å². The molecule has 4 aromatic rings. The molecule has 0 atom stereocenters. The van der Waals surface area contributed by atoms with E-state index in [0.29, 0.717) is 6.54 Å². The predicted molar refractivity (Wildman–Crippen MR) is 160 cm³/mol. The molecule has 1 saturated carbocycles. The number of rotatable bonds is 6. The second-order valence-electron chi connectivity index (χ2n) is 11.2. The third-order valence-electron chi connectivity index (χ3n) is 8.46. The number of aryl methyl sites for hydroxylation is 1. The Labute approximate surface area is 236 Å². The van der Waals surface area contributed by atoms with Crippen molar-refractivity contribution in [2.45, 2.75) is 52.0 Å². The number of nitrogens with zero attached hydrogens (tertiary/aromatic N) is 5. The number of anilines is 1. The van der Waals surface area contributed by atoms with Crippen LogP contribution in [0.15, 0.2) is 89.7 Å². The summed E-state index contributed by atoms with van der Waals surface area (Å²) in [6.45, 7) is 2.77. The molecular formula is C32H34BN7+. The standard InChI is InChI=1S/C32H33BN7/c1-22-7-5-6-10-25(22)20-35-30-17-15-28-32(24-11-13-26(34)14-12-24)29-16-18-31(40(29)33-39(28)30)38-21-27(36-37-38)19-23-8-3-2-4-9-23/h5-7,10-18,21,23H,2-4,8-9,19-20H2,1H3,(H2,34,35)/p+1. The van der Waals surface area contributed by atoms with Crippen LogP contribution in [0.2, 0.25) is 0 Å². The van der Waals surface area contributed by atoms with E-state index in [0.717, 1.165) is 57.9 Å². The number of fused-ring (bicyclic) bond motifs is 2. The molecule has 2 aromatic heterocycles. The second-order valence-corrected chi connectivity index (χ2v) is 11.2. The summed E-state index contributed by atoms with van der Waals surface area (Å²) in [5, 5.41) is 7.95. The molecular weight excluding hydrogens is 493 g/mol. The third-order valence-corrected chi connectivity index (χ3v) is 8.46. The molecule has 3 aliphatic rings. The highest BCUT2D eigenvalue weighted by Crippen LogP contribution is 2.37. The molecule has 1 radical (unpaired) electrons. The third kappa shape index (κ3) is 4.57. The Morgan fingerprint density at radius 1 is 1.02 bits per heavy atom. The van der Waals surface area contributed by atoms with Gasteiger partial charge in [-0.3, -0.25) is 9.47 Å². The number of hydrogen-bond acceptors (Lipinski definition) is 3. The smallest absolute Gasteiger partial charge is 0.399 e. The fraction of sp³-hybridized carbons (Fsp3) is 0.281. The fourth-order valence-electron chi connectivity index (χ4n) is 6.22. The van der Waals surface area contributed by atoms with Gasteiger partial charge in [0.15, 0.2) is 5.69 Å². The van der Waals surface area contributed by atoms with Crippen molar-refractivity contribution in [2.75, 3.05) is 5.73 Å². The highest BCUT2D eigenvalue weighted by atomic mass is 15.5. The monoisotopic (exact) mass is 527 g/mol. The van der Waals surface area contributed by atoms with Crippen molar-refractivity contribution in [1.82, 2.24) is 19.6 Å². The van der Waals surface area contributed by atoms with Gasteiger partial charge in [0, 0.05) is 29.4 Å². The lowest BCUT2D eigenvalue weighted by Gasteiger charge is -2.28. The molecule has 3 N–H and O–H groups in total. The maximum atomic E-state index is 6.05. The topological polar surface area (TPSA) is 79.1 Å². The van der Waals surface area contributed by atoms with Gasteiger partial charge in [0.2, 0.25) is 5.82 Å². The number of allylic oxidation sites excluding steroid dienone is 1. The van der Waals surface area contributed by atoms with Crippen LogP contribution in [0.25, 0.3) is 11.4 Å². The normalized spacial score (nSPS) is 17.8. The number of amidine groups is 1. The van der Waals surface area contributed by atoms with E-state index in [4.69, 9.17) is 10.7 Å². The lowest BCUT2D eigenvalue weighted by atomic mass is 9.86. The van der Waals surface area contributed by atoms with Gasteiger partial charge in [-0.05, 0) is 65.0 Å². The van der Waals surface area contributed by atoms with Crippen LogP contribution in [0.4, 0.5) is 5.69 Å². The minimum atomic E-state index is 0.631. The average Bonchev–Trinajstić information content (AvgIpc) is 3.71. The van der Waals surface area contributed by atoms with Gasteiger partial charge in [0.25, 0.3) is 0 Å². The van der Waals surface area contributed by atoms with Crippen molar-refractivity contribution < 1.29 is 4.68 Å². The Hall–Kier alpha value is -4.33. The average molecular weight is 527 g/mol.